The SMILES string of the molecule is COP(=O)([O-])c1c[n+](C)nc2ccc(C(F)(F)F)cc12. The van der Waals surface area contributed by atoms with Gasteiger partial charge in [-0.2, -0.15) is 13.2 Å². The van der Waals surface area contributed by atoms with Gasteiger partial charge in [-0.05, 0) is 23.3 Å². The Bertz CT molecular complexity index is 718. The average Bonchev–Trinajstić information content (AvgIpc) is 2.36. The summed E-state index contributed by atoms with van der Waals surface area (Å²) in [6.07, 6.45) is -3.46. The number of fused-ring (bicyclic) bond motifs is 1. The minimum absolute atomic E-state index is 0.127. The lowest BCUT2D eigenvalue weighted by atomic mass is 10.1. The van der Waals surface area contributed by atoms with Gasteiger partial charge in [0.25, 0.3) is 0 Å². The van der Waals surface area contributed by atoms with Crippen LogP contribution in [-0.4, -0.2) is 12.2 Å². The summed E-state index contributed by atoms with van der Waals surface area (Å²) < 4.78 is 55.5. The van der Waals surface area contributed by atoms with Gasteiger partial charge in [0.2, 0.25) is 6.20 Å². The van der Waals surface area contributed by atoms with Crippen LogP contribution in [0, 0.1) is 0 Å². The molecule has 2 rings (SSSR count). The lowest BCUT2D eigenvalue weighted by molar-refractivity contribution is -0.727. The van der Waals surface area contributed by atoms with Crippen LogP contribution in [0.2, 0.25) is 0 Å². The van der Waals surface area contributed by atoms with Crippen LogP contribution in [0.4, 0.5) is 13.2 Å². The zero-order chi connectivity index (χ0) is 15.1. The van der Waals surface area contributed by atoms with Gasteiger partial charge >= 0.3 is 6.18 Å². The Morgan fingerprint density at radius 2 is 2.05 bits per heavy atom. The first-order chi connectivity index (χ1) is 9.15. The topological polar surface area (TPSA) is 66.1 Å². The first-order valence-electron chi connectivity index (χ1n) is 5.40. The molecule has 0 spiro atoms. The van der Waals surface area contributed by atoms with E-state index in [1.165, 1.54) is 11.7 Å². The summed E-state index contributed by atoms with van der Waals surface area (Å²) in [6.45, 7) is 0. The van der Waals surface area contributed by atoms with Gasteiger partial charge < -0.3 is 14.0 Å². The van der Waals surface area contributed by atoms with Crippen molar-refractivity contribution >= 4 is 23.8 Å². The Morgan fingerprint density at radius 1 is 1.40 bits per heavy atom. The molecule has 0 bridgehead atoms. The van der Waals surface area contributed by atoms with E-state index in [2.05, 4.69) is 9.62 Å². The second-order valence-electron chi connectivity index (χ2n) is 4.10. The van der Waals surface area contributed by atoms with Crippen molar-refractivity contribution in [2.75, 3.05) is 7.11 Å². The molecule has 0 aliphatic rings. The highest BCUT2D eigenvalue weighted by molar-refractivity contribution is 7.60. The third-order valence-corrected chi connectivity index (χ3v) is 4.14. The van der Waals surface area contributed by atoms with Crippen LogP contribution in [0.3, 0.4) is 0 Å². The molecule has 0 aliphatic carbocycles. The van der Waals surface area contributed by atoms with Crippen molar-refractivity contribution in [1.29, 1.82) is 0 Å². The van der Waals surface area contributed by atoms with Crippen LogP contribution in [0.25, 0.3) is 10.9 Å². The molecule has 0 saturated carbocycles. The van der Waals surface area contributed by atoms with Gasteiger partial charge in [-0.25, -0.2) is 0 Å². The largest absolute Gasteiger partial charge is 0.775 e. The van der Waals surface area contributed by atoms with E-state index >= 15 is 0 Å². The van der Waals surface area contributed by atoms with Crippen LogP contribution in [-0.2, 0) is 22.3 Å². The number of benzene rings is 1. The third kappa shape index (κ3) is 2.67. The molecule has 0 amide bonds. The maximum atomic E-state index is 12.7. The Hall–Kier alpha value is -1.50. The first kappa shape index (κ1) is 14.9. The molecular formula is C11H10F3N2O3P. The number of aryl methyl sites for hydroxylation is 1. The summed E-state index contributed by atoms with van der Waals surface area (Å²) in [5.41, 5.74) is -0.816. The van der Waals surface area contributed by atoms with Gasteiger partial charge in [-0.15, -0.1) is 0 Å². The standard InChI is InChI=1S/C11H10F3N2O3P/c1-16-6-10(20(17,18)19-2)8-5-7(11(12,13)14)3-4-9(8)15-16/h3-6H,1-2H3. The zero-order valence-electron chi connectivity index (χ0n) is 10.5. The maximum absolute atomic E-state index is 12.7. The molecule has 0 radical (unpaired) electrons. The molecule has 0 aliphatic heterocycles. The van der Waals surface area contributed by atoms with E-state index in [9.17, 15) is 22.6 Å². The van der Waals surface area contributed by atoms with Crippen molar-refractivity contribution in [1.82, 2.24) is 5.10 Å². The predicted octanol–water partition coefficient (Wildman–Crippen LogP) is 0.903. The van der Waals surface area contributed by atoms with Crippen LogP contribution >= 0.6 is 7.60 Å². The lowest BCUT2D eigenvalue weighted by Crippen LogP contribution is -2.38. The zero-order valence-corrected chi connectivity index (χ0v) is 11.4. The fourth-order valence-corrected chi connectivity index (χ4v) is 2.75. The van der Waals surface area contributed by atoms with Gasteiger partial charge in [0.1, 0.15) is 5.52 Å². The summed E-state index contributed by atoms with van der Waals surface area (Å²) >= 11 is 0. The van der Waals surface area contributed by atoms with Gasteiger partial charge in [-0.1, -0.05) is 4.68 Å². The summed E-state index contributed by atoms with van der Waals surface area (Å²) in [7, 11) is -2.03. The summed E-state index contributed by atoms with van der Waals surface area (Å²) in [5, 5.41) is 3.48. The van der Waals surface area contributed by atoms with Crippen molar-refractivity contribution in [3.05, 3.63) is 30.0 Å². The third-order valence-electron chi connectivity index (χ3n) is 2.71. The number of alkyl halides is 3. The molecular weight excluding hydrogens is 296 g/mol. The number of halogens is 3. The van der Waals surface area contributed by atoms with Crippen LogP contribution in [0.1, 0.15) is 5.56 Å². The van der Waals surface area contributed by atoms with Crippen molar-refractivity contribution in [2.45, 2.75) is 6.18 Å². The highest BCUT2D eigenvalue weighted by Gasteiger charge is 2.32. The van der Waals surface area contributed by atoms with E-state index in [1.807, 2.05) is 0 Å². The molecule has 0 fully saturated rings. The Balaban J connectivity index is 2.82. The van der Waals surface area contributed by atoms with E-state index in [1.54, 1.807) is 0 Å². The molecule has 0 N–H and O–H groups in total. The van der Waals surface area contributed by atoms with Crippen molar-refractivity contribution < 1.29 is 31.8 Å². The summed E-state index contributed by atoms with van der Waals surface area (Å²) in [6, 6.07) is 2.72. The Labute approximate surface area is 112 Å². The number of hydrogen-bond donors (Lipinski definition) is 0. The molecule has 0 saturated heterocycles. The molecule has 20 heavy (non-hydrogen) atoms. The Kier molecular flexibility index (Phi) is 3.58. The normalized spacial score (nSPS) is 15.3. The van der Waals surface area contributed by atoms with Gasteiger partial charge in [0, 0.05) is 12.5 Å². The van der Waals surface area contributed by atoms with Gasteiger partial charge in [0.05, 0.1) is 10.9 Å². The van der Waals surface area contributed by atoms with Gasteiger partial charge in [0.15, 0.2) is 14.6 Å². The number of rotatable bonds is 2. The second-order valence-corrected chi connectivity index (χ2v) is 5.94. The van der Waals surface area contributed by atoms with E-state index in [4.69, 9.17) is 0 Å². The highest BCUT2D eigenvalue weighted by atomic mass is 31.2. The van der Waals surface area contributed by atoms with Crippen LogP contribution in [0.15, 0.2) is 24.4 Å². The minimum Gasteiger partial charge on any atom is -0.775 e. The quantitative estimate of drug-likeness (QED) is 0.611. The Morgan fingerprint density at radius 3 is 2.60 bits per heavy atom. The molecule has 9 heteroatoms. The predicted molar refractivity (Wildman–Crippen MR) is 62.2 cm³/mol. The summed E-state index contributed by atoms with van der Waals surface area (Å²) in [5.74, 6) is 0. The van der Waals surface area contributed by atoms with E-state index in [-0.39, 0.29) is 16.2 Å². The number of nitrogens with zero attached hydrogens (tertiary/aromatic N) is 2. The molecule has 1 heterocycles. The molecule has 1 unspecified atom stereocenters. The highest BCUT2D eigenvalue weighted by Crippen LogP contribution is 2.38. The minimum atomic E-state index is -4.57. The molecule has 1 aromatic carbocycles. The maximum Gasteiger partial charge on any atom is 0.416 e. The van der Waals surface area contributed by atoms with E-state index < -0.39 is 19.3 Å². The average molecular weight is 306 g/mol. The number of hydrogen-bond acceptors (Lipinski definition) is 4. The van der Waals surface area contributed by atoms with Crippen molar-refractivity contribution in [3.63, 3.8) is 0 Å². The van der Waals surface area contributed by atoms with Crippen LogP contribution < -0.4 is 14.9 Å². The van der Waals surface area contributed by atoms with E-state index in [0.717, 1.165) is 31.5 Å². The fraction of sp³-hybridized carbons (Fsp3) is 0.273. The first-order valence-corrected chi connectivity index (χ1v) is 6.94. The number of aromatic nitrogens is 2. The lowest BCUT2D eigenvalue weighted by Gasteiger charge is -2.21. The monoisotopic (exact) mass is 306 g/mol. The van der Waals surface area contributed by atoms with Crippen molar-refractivity contribution in [2.24, 2.45) is 7.05 Å². The molecule has 1 aromatic heterocycles. The van der Waals surface area contributed by atoms with Crippen LogP contribution in [0.5, 0.6) is 0 Å². The smallest absolute Gasteiger partial charge is 0.416 e. The van der Waals surface area contributed by atoms with E-state index in [0.29, 0.717) is 0 Å². The molecule has 108 valence electrons. The molecule has 5 nitrogen and oxygen atoms in total. The summed E-state index contributed by atoms with van der Waals surface area (Å²) in [4.78, 5) is 11.8. The van der Waals surface area contributed by atoms with Gasteiger partial charge in [-0.3, -0.25) is 0 Å². The fourth-order valence-electron chi connectivity index (χ4n) is 1.77. The molecule has 1 atom stereocenters. The molecule has 2 aromatic rings. The second kappa shape index (κ2) is 4.80. The van der Waals surface area contributed by atoms with Crippen molar-refractivity contribution in [3.8, 4) is 0 Å².